The largest absolute Gasteiger partial charge is 0.355 e. The molecule has 3 N–H and O–H groups in total. The van der Waals surface area contributed by atoms with Crippen molar-refractivity contribution in [3.63, 3.8) is 0 Å². The van der Waals surface area contributed by atoms with Gasteiger partial charge in [0.2, 0.25) is 5.91 Å². The maximum Gasteiger partial charge on any atom is 0.224 e. The van der Waals surface area contributed by atoms with Crippen LogP contribution in [0.15, 0.2) is 17.5 Å². The highest BCUT2D eigenvalue weighted by Gasteiger charge is 2.25. The lowest BCUT2D eigenvalue weighted by Gasteiger charge is -2.31. The molecule has 100 valence electrons. The van der Waals surface area contributed by atoms with Gasteiger partial charge in [0.15, 0.2) is 0 Å². The summed E-state index contributed by atoms with van der Waals surface area (Å²) in [5.74, 6) is 0.293. The molecule has 1 aliphatic heterocycles. The Bertz CT molecular complexity index is 366. The lowest BCUT2D eigenvalue weighted by Crippen LogP contribution is -2.43. The number of amides is 1. The van der Waals surface area contributed by atoms with Crippen molar-refractivity contribution in [1.82, 2.24) is 10.2 Å². The van der Waals surface area contributed by atoms with Crippen LogP contribution in [0.5, 0.6) is 0 Å². The van der Waals surface area contributed by atoms with E-state index in [2.05, 4.69) is 27.7 Å². The van der Waals surface area contributed by atoms with Crippen molar-refractivity contribution in [1.29, 1.82) is 0 Å². The molecule has 1 fully saturated rings. The van der Waals surface area contributed by atoms with Crippen LogP contribution in [0.4, 0.5) is 0 Å². The zero-order valence-electron chi connectivity index (χ0n) is 10.6. The molecule has 1 aromatic heterocycles. The average molecular weight is 267 g/mol. The molecular formula is C13H21N3OS. The second-order valence-corrected chi connectivity index (χ2v) is 5.77. The van der Waals surface area contributed by atoms with Crippen molar-refractivity contribution in [3.8, 4) is 0 Å². The Morgan fingerprint density at radius 2 is 2.50 bits per heavy atom. The number of likely N-dealkylation sites (tertiary alicyclic amines) is 1. The van der Waals surface area contributed by atoms with Gasteiger partial charge in [0.25, 0.3) is 0 Å². The van der Waals surface area contributed by atoms with Crippen molar-refractivity contribution in [3.05, 3.63) is 22.4 Å². The van der Waals surface area contributed by atoms with E-state index >= 15 is 0 Å². The minimum atomic E-state index is 0.130. The molecule has 4 nitrogen and oxygen atoms in total. The van der Waals surface area contributed by atoms with Crippen LogP contribution < -0.4 is 11.1 Å². The molecule has 2 heterocycles. The predicted molar refractivity (Wildman–Crippen MR) is 74.4 cm³/mol. The van der Waals surface area contributed by atoms with E-state index in [4.69, 9.17) is 5.73 Å². The maximum atomic E-state index is 11.9. The SMILES string of the molecule is NCCNC(=O)C1CCCN(Cc2cccs2)C1. The quantitative estimate of drug-likeness (QED) is 0.838. The number of hydrogen-bond acceptors (Lipinski definition) is 4. The van der Waals surface area contributed by atoms with Gasteiger partial charge in [0.1, 0.15) is 0 Å². The van der Waals surface area contributed by atoms with Gasteiger partial charge in [-0.3, -0.25) is 9.69 Å². The fourth-order valence-electron chi connectivity index (χ4n) is 2.38. The molecule has 1 aromatic rings. The fraction of sp³-hybridized carbons (Fsp3) is 0.615. The zero-order chi connectivity index (χ0) is 12.8. The van der Waals surface area contributed by atoms with Crippen LogP contribution in [-0.2, 0) is 11.3 Å². The molecule has 1 unspecified atom stereocenters. The molecule has 5 heteroatoms. The van der Waals surface area contributed by atoms with Gasteiger partial charge in [-0.15, -0.1) is 11.3 Å². The average Bonchev–Trinajstić information content (AvgIpc) is 2.89. The Morgan fingerprint density at radius 3 is 3.22 bits per heavy atom. The summed E-state index contributed by atoms with van der Waals surface area (Å²) in [5, 5.41) is 5.00. The molecule has 0 radical (unpaired) electrons. The number of hydrogen-bond donors (Lipinski definition) is 2. The van der Waals surface area contributed by atoms with Gasteiger partial charge in [-0.2, -0.15) is 0 Å². The Hall–Kier alpha value is -0.910. The third-order valence-corrected chi connectivity index (χ3v) is 4.14. The number of nitrogens with one attached hydrogen (secondary N) is 1. The third kappa shape index (κ3) is 3.80. The minimum absolute atomic E-state index is 0.130. The van der Waals surface area contributed by atoms with Gasteiger partial charge in [0, 0.05) is 31.1 Å². The van der Waals surface area contributed by atoms with Crippen LogP contribution in [0.2, 0.25) is 0 Å². The highest BCUT2D eigenvalue weighted by atomic mass is 32.1. The summed E-state index contributed by atoms with van der Waals surface area (Å²) < 4.78 is 0. The van der Waals surface area contributed by atoms with Gasteiger partial charge in [-0.05, 0) is 30.8 Å². The van der Waals surface area contributed by atoms with E-state index in [1.165, 1.54) is 4.88 Å². The molecule has 0 saturated carbocycles. The van der Waals surface area contributed by atoms with E-state index in [1.807, 2.05) is 0 Å². The lowest BCUT2D eigenvalue weighted by atomic mass is 9.97. The number of rotatable bonds is 5. The maximum absolute atomic E-state index is 11.9. The van der Waals surface area contributed by atoms with E-state index in [1.54, 1.807) is 11.3 Å². The molecule has 2 rings (SSSR count). The Kier molecular flexibility index (Phi) is 5.16. The zero-order valence-corrected chi connectivity index (χ0v) is 11.4. The topological polar surface area (TPSA) is 58.4 Å². The smallest absolute Gasteiger partial charge is 0.224 e. The van der Waals surface area contributed by atoms with Gasteiger partial charge < -0.3 is 11.1 Å². The summed E-state index contributed by atoms with van der Waals surface area (Å²) in [4.78, 5) is 15.7. The van der Waals surface area contributed by atoms with E-state index in [0.717, 1.165) is 32.5 Å². The summed E-state index contributed by atoms with van der Waals surface area (Å²) in [6.45, 7) is 4.03. The number of thiophene rings is 1. The summed E-state index contributed by atoms with van der Waals surface area (Å²) in [6, 6.07) is 4.23. The van der Waals surface area contributed by atoms with Crippen LogP contribution in [-0.4, -0.2) is 37.0 Å². The molecule has 0 spiro atoms. The number of nitrogens with zero attached hydrogens (tertiary/aromatic N) is 1. The number of carbonyl (C=O) groups excluding carboxylic acids is 1. The number of carbonyl (C=O) groups is 1. The van der Waals surface area contributed by atoms with Crippen LogP contribution in [0.3, 0.4) is 0 Å². The van der Waals surface area contributed by atoms with Crippen LogP contribution in [0.1, 0.15) is 17.7 Å². The van der Waals surface area contributed by atoms with Gasteiger partial charge in [-0.25, -0.2) is 0 Å². The first-order chi connectivity index (χ1) is 8.79. The molecule has 1 atom stereocenters. The van der Waals surface area contributed by atoms with Crippen molar-refractivity contribution < 1.29 is 4.79 Å². The van der Waals surface area contributed by atoms with Gasteiger partial charge in [-0.1, -0.05) is 6.07 Å². The molecule has 1 aliphatic rings. The van der Waals surface area contributed by atoms with Crippen LogP contribution in [0.25, 0.3) is 0 Å². The molecule has 0 bridgehead atoms. The second kappa shape index (κ2) is 6.87. The van der Waals surface area contributed by atoms with E-state index in [-0.39, 0.29) is 11.8 Å². The van der Waals surface area contributed by atoms with E-state index < -0.39 is 0 Å². The van der Waals surface area contributed by atoms with Crippen LogP contribution >= 0.6 is 11.3 Å². The first-order valence-corrected chi connectivity index (χ1v) is 7.40. The van der Waals surface area contributed by atoms with Gasteiger partial charge >= 0.3 is 0 Å². The predicted octanol–water partition coefficient (Wildman–Crippen LogP) is 1.03. The molecule has 18 heavy (non-hydrogen) atoms. The minimum Gasteiger partial charge on any atom is -0.355 e. The summed E-state index contributed by atoms with van der Waals surface area (Å²) in [6.07, 6.45) is 2.10. The first kappa shape index (κ1) is 13.5. The van der Waals surface area contributed by atoms with E-state index in [0.29, 0.717) is 13.1 Å². The molecule has 0 aromatic carbocycles. The standard InChI is InChI=1S/C13H21N3OS/c14-5-6-15-13(17)11-3-1-7-16(9-11)10-12-4-2-8-18-12/h2,4,8,11H,1,3,5-7,9-10,14H2,(H,15,17). The van der Waals surface area contributed by atoms with E-state index in [9.17, 15) is 4.79 Å². The van der Waals surface area contributed by atoms with Crippen molar-refractivity contribution in [2.24, 2.45) is 11.7 Å². The molecule has 0 aliphatic carbocycles. The summed E-state index contributed by atoms with van der Waals surface area (Å²) >= 11 is 1.78. The summed E-state index contributed by atoms with van der Waals surface area (Å²) in [5.41, 5.74) is 5.40. The summed E-state index contributed by atoms with van der Waals surface area (Å²) in [7, 11) is 0. The third-order valence-electron chi connectivity index (χ3n) is 3.28. The Balaban J connectivity index is 1.82. The van der Waals surface area contributed by atoms with Crippen molar-refractivity contribution in [2.45, 2.75) is 19.4 Å². The molecule has 1 amide bonds. The normalized spacial score (nSPS) is 20.8. The second-order valence-electron chi connectivity index (χ2n) is 4.73. The Labute approximate surface area is 112 Å². The Morgan fingerprint density at radius 1 is 1.61 bits per heavy atom. The molecular weight excluding hydrogens is 246 g/mol. The van der Waals surface area contributed by atoms with Crippen molar-refractivity contribution >= 4 is 17.2 Å². The fourth-order valence-corrected chi connectivity index (χ4v) is 3.12. The van der Waals surface area contributed by atoms with Crippen LogP contribution in [0, 0.1) is 5.92 Å². The lowest BCUT2D eigenvalue weighted by molar-refractivity contribution is -0.126. The van der Waals surface area contributed by atoms with Gasteiger partial charge in [0.05, 0.1) is 5.92 Å². The highest BCUT2D eigenvalue weighted by molar-refractivity contribution is 7.09. The van der Waals surface area contributed by atoms with Crippen molar-refractivity contribution in [2.75, 3.05) is 26.2 Å². The number of nitrogens with two attached hydrogens (primary N) is 1. The first-order valence-electron chi connectivity index (χ1n) is 6.52. The molecule has 1 saturated heterocycles. The number of piperidine rings is 1. The highest BCUT2D eigenvalue weighted by Crippen LogP contribution is 2.20. The monoisotopic (exact) mass is 267 g/mol.